The number of aromatic nitrogens is 4. The lowest BCUT2D eigenvalue weighted by molar-refractivity contribution is 0.0383. The van der Waals surface area contributed by atoms with Crippen LogP contribution in [-0.4, -0.2) is 70.0 Å². The van der Waals surface area contributed by atoms with Gasteiger partial charge in [0.25, 0.3) is 5.91 Å². The van der Waals surface area contributed by atoms with Crippen LogP contribution in [0.5, 0.6) is 0 Å². The van der Waals surface area contributed by atoms with E-state index >= 15 is 0 Å². The van der Waals surface area contributed by atoms with Gasteiger partial charge >= 0.3 is 0 Å². The van der Waals surface area contributed by atoms with Crippen LogP contribution in [0.25, 0.3) is 16.8 Å². The van der Waals surface area contributed by atoms with E-state index in [1.165, 1.54) is 10.8 Å². The summed E-state index contributed by atoms with van der Waals surface area (Å²) >= 11 is 12.3. The van der Waals surface area contributed by atoms with Crippen LogP contribution in [0.2, 0.25) is 10.0 Å². The van der Waals surface area contributed by atoms with Crippen LogP contribution >= 0.6 is 23.2 Å². The van der Waals surface area contributed by atoms with Crippen molar-refractivity contribution >= 4 is 34.8 Å². The molecule has 0 bridgehead atoms. The maximum Gasteiger partial charge on any atom is 0.271 e. The third-order valence-electron chi connectivity index (χ3n) is 4.49. The van der Waals surface area contributed by atoms with Crippen molar-refractivity contribution in [3.8, 4) is 11.1 Å². The number of amides is 1. The number of rotatable bonds is 5. The van der Waals surface area contributed by atoms with Crippen molar-refractivity contribution in [2.45, 2.75) is 0 Å². The molecule has 0 aliphatic carbocycles. The molecule has 3 aromatic rings. The van der Waals surface area contributed by atoms with Gasteiger partial charge in [-0.2, -0.15) is 9.61 Å². The number of carbonyl (C=O) groups is 1. The number of nitrogens with zero attached hydrogens (tertiary/aromatic N) is 5. The molecule has 1 saturated heterocycles. The quantitative estimate of drug-likeness (QED) is 0.680. The summed E-state index contributed by atoms with van der Waals surface area (Å²) in [5.41, 5.74) is 2.19. The van der Waals surface area contributed by atoms with Gasteiger partial charge in [-0.15, -0.1) is 10.2 Å². The largest absolute Gasteiger partial charge is 0.379 e. The fourth-order valence-corrected chi connectivity index (χ4v) is 3.63. The number of nitrogens with one attached hydrogen (secondary N) is 1. The van der Waals surface area contributed by atoms with Crippen molar-refractivity contribution in [3.63, 3.8) is 0 Å². The van der Waals surface area contributed by atoms with Crippen LogP contribution in [0.3, 0.4) is 0 Å². The highest BCUT2D eigenvalue weighted by Crippen LogP contribution is 2.29. The van der Waals surface area contributed by atoms with Gasteiger partial charge < -0.3 is 10.1 Å². The van der Waals surface area contributed by atoms with E-state index in [4.69, 9.17) is 27.9 Å². The SMILES string of the molecule is O=C(NCCN1CCOCC1)c1cc(-c2cc(Cl)cc(Cl)c2)c2nncn2n1. The molecule has 0 saturated carbocycles. The Bertz CT molecular complexity index is 983. The molecule has 2 aromatic heterocycles. The summed E-state index contributed by atoms with van der Waals surface area (Å²) in [6, 6.07) is 6.85. The Morgan fingerprint density at radius 1 is 1.14 bits per heavy atom. The molecular formula is C18H18Cl2N6O2. The Morgan fingerprint density at radius 2 is 1.89 bits per heavy atom. The summed E-state index contributed by atoms with van der Waals surface area (Å²) in [6.45, 7) is 4.50. The van der Waals surface area contributed by atoms with E-state index < -0.39 is 0 Å². The third kappa shape index (κ3) is 4.25. The third-order valence-corrected chi connectivity index (χ3v) is 4.93. The Labute approximate surface area is 171 Å². The second-order valence-corrected chi connectivity index (χ2v) is 7.28. The van der Waals surface area contributed by atoms with Gasteiger partial charge in [0.05, 0.1) is 13.2 Å². The molecule has 1 N–H and O–H groups in total. The minimum atomic E-state index is -0.266. The number of morpholine rings is 1. The molecule has 1 aliphatic heterocycles. The normalized spacial score (nSPS) is 15.1. The molecule has 28 heavy (non-hydrogen) atoms. The van der Waals surface area contributed by atoms with Crippen LogP contribution in [-0.2, 0) is 4.74 Å². The van der Waals surface area contributed by atoms with E-state index in [1.807, 2.05) is 0 Å². The summed E-state index contributed by atoms with van der Waals surface area (Å²) < 4.78 is 6.80. The summed E-state index contributed by atoms with van der Waals surface area (Å²) in [4.78, 5) is 14.9. The highest BCUT2D eigenvalue weighted by molar-refractivity contribution is 6.35. The number of carbonyl (C=O) groups excluding carboxylic acids is 1. The minimum Gasteiger partial charge on any atom is -0.379 e. The smallest absolute Gasteiger partial charge is 0.271 e. The zero-order chi connectivity index (χ0) is 19.5. The molecule has 0 atom stereocenters. The molecule has 1 aromatic carbocycles. The average molecular weight is 421 g/mol. The van der Waals surface area contributed by atoms with Gasteiger partial charge in [0.15, 0.2) is 5.65 Å². The van der Waals surface area contributed by atoms with E-state index in [0.29, 0.717) is 27.8 Å². The molecular weight excluding hydrogens is 403 g/mol. The van der Waals surface area contributed by atoms with E-state index in [0.717, 1.165) is 38.4 Å². The predicted octanol–water partition coefficient (Wildman–Crippen LogP) is 2.16. The number of hydrogen-bond donors (Lipinski definition) is 1. The number of halogens is 2. The van der Waals surface area contributed by atoms with Gasteiger partial charge in [0, 0.05) is 41.8 Å². The van der Waals surface area contributed by atoms with E-state index in [9.17, 15) is 4.79 Å². The number of hydrogen-bond acceptors (Lipinski definition) is 6. The van der Waals surface area contributed by atoms with Crippen molar-refractivity contribution < 1.29 is 9.53 Å². The minimum absolute atomic E-state index is 0.264. The summed E-state index contributed by atoms with van der Waals surface area (Å²) in [7, 11) is 0. The molecule has 0 spiro atoms. The Hall–Kier alpha value is -2.26. The molecule has 4 rings (SSSR count). The van der Waals surface area contributed by atoms with Gasteiger partial charge in [0.1, 0.15) is 12.0 Å². The maximum absolute atomic E-state index is 12.6. The highest BCUT2D eigenvalue weighted by Gasteiger charge is 2.16. The second-order valence-electron chi connectivity index (χ2n) is 6.41. The van der Waals surface area contributed by atoms with Crippen molar-refractivity contribution in [3.05, 3.63) is 46.3 Å². The van der Waals surface area contributed by atoms with Gasteiger partial charge in [-0.3, -0.25) is 9.69 Å². The molecule has 0 unspecified atom stereocenters. The van der Waals surface area contributed by atoms with Crippen molar-refractivity contribution in [1.82, 2.24) is 30.0 Å². The summed E-state index contributed by atoms with van der Waals surface area (Å²) in [5.74, 6) is -0.266. The zero-order valence-electron chi connectivity index (χ0n) is 14.9. The van der Waals surface area contributed by atoms with Crippen LogP contribution in [0.15, 0.2) is 30.6 Å². The molecule has 10 heteroatoms. The first kappa shape index (κ1) is 19.1. The first-order valence-electron chi connectivity index (χ1n) is 8.86. The molecule has 3 heterocycles. The van der Waals surface area contributed by atoms with Crippen LogP contribution in [0.4, 0.5) is 0 Å². The second kappa shape index (κ2) is 8.40. The number of ether oxygens (including phenoxy) is 1. The van der Waals surface area contributed by atoms with Crippen LogP contribution in [0.1, 0.15) is 10.5 Å². The first-order chi connectivity index (χ1) is 13.6. The molecule has 8 nitrogen and oxygen atoms in total. The van der Waals surface area contributed by atoms with E-state index in [2.05, 4.69) is 25.5 Å². The standard InChI is InChI=1S/C18H18Cl2N6O2/c19-13-7-12(8-14(20)9-13)15-10-16(24-26-11-22-23-17(15)26)18(27)21-1-2-25-3-5-28-6-4-25/h7-11H,1-6H2,(H,21,27). The molecule has 1 aliphatic rings. The average Bonchev–Trinajstić information content (AvgIpc) is 3.16. The fourth-order valence-electron chi connectivity index (χ4n) is 3.10. The van der Waals surface area contributed by atoms with Gasteiger partial charge in [0.2, 0.25) is 0 Å². The van der Waals surface area contributed by atoms with Crippen molar-refractivity contribution in [2.75, 3.05) is 39.4 Å². The Balaban J connectivity index is 1.56. The number of fused-ring (bicyclic) bond motifs is 1. The lowest BCUT2D eigenvalue weighted by Gasteiger charge is -2.26. The Morgan fingerprint density at radius 3 is 2.64 bits per heavy atom. The lowest BCUT2D eigenvalue weighted by atomic mass is 10.1. The molecule has 0 radical (unpaired) electrons. The first-order valence-corrected chi connectivity index (χ1v) is 9.61. The molecule has 1 amide bonds. The molecule has 146 valence electrons. The predicted molar refractivity (Wildman–Crippen MR) is 106 cm³/mol. The topological polar surface area (TPSA) is 84.7 Å². The zero-order valence-corrected chi connectivity index (χ0v) is 16.4. The van der Waals surface area contributed by atoms with Gasteiger partial charge in [-0.05, 0) is 29.8 Å². The van der Waals surface area contributed by atoms with Crippen LogP contribution in [0, 0.1) is 0 Å². The van der Waals surface area contributed by atoms with Crippen LogP contribution < -0.4 is 5.32 Å². The van der Waals surface area contributed by atoms with Gasteiger partial charge in [-0.25, -0.2) is 0 Å². The highest BCUT2D eigenvalue weighted by atomic mass is 35.5. The van der Waals surface area contributed by atoms with Crippen molar-refractivity contribution in [1.29, 1.82) is 0 Å². The number of benzene rings is 1. The summed E-state index contributed by atoms with van der Waals surface area (Å²) in [5, 5.41) is 16.2. The Kier molecular flexibility index (Phi) is 5.72. The monoisotopic (exact) mass is 420 g/mol. The van der Waals surface area contributed by atoms with Gasteiger partial charge in [-0.1, -0.05) is 23.2 Å². The van der Waals surface area contributed by atoms with E-state index in [-0.39, 0.29) is 11.6 Å². The maximum atomic E-state index is 12.6. The van der Waals surface area contributed by atoms with E-state index in [1.54, 1.807) is 24.3 Å². The van der Waals surface area contributed by atoms with Crippen molar-refractivity contribution in [2.24, 2.45) is 0 Å². The summed E-state index contributed by atoms with van der Waals surface area (Å²) in [6.07, 6.45) is 1.45. The molecule has 1 fully saturated rings. The fraction of sp³-hybridized carbons (Fsp3) is 0.333. The lowest BCUT2D eigenvalue weighted by Crippen LogP contribution is -2.41.